The third kappa shape index (κ3) is 3.75. The van der Waals surface area contributed by atoms with Crippen LogP contribution in [0.2, 0.25) is 0 Å². The van der Waals surface area contributed by atoms with Gasteiger partial charge in [0, 0.05) is 6.20 Å². The maximum absolute atomic E-state index is 11.0. The summed E-state index contributed by atoms with van der Waals surface area (Å²) < 4.78 is 10.3. The molecule has 2 rings (SSSR count). The average molecular weight is 303 g/mol. The smallest absolute Gasteiger partial charge is 0.346 e. The Bertz CT molecular complexity index is 509. The minimum absolute atomic E-state index is 0.168. The summed E-state index contributed by atoms with van der Waals surface area (Å²) >= 11 is 0. The molecule has 10 heteroatoms. The summed E-state index contributed by atoms with van der Waals surface area (Å²) in [5.41, 5.74) is -0.534. The average Bonchev–Trinajstić information content (AvgIpc) is 2.47. The van der Waals surface area contributed by atoms with E-state index in [0.717, 1.165) is 0 Å². The predicted octanol–water partition coefficient (Wildman–Crippen LogP) is -3.04. The Balaban J connectivity index is 1.88. The molecule has 0 saturated carbocycles. The van der Waals surface area contributed by atoms with E-state index in [2.05, 4.69) is 15.3 Å². The van der Waals surface area contributed by atoms with Gasteiger partial charge in [-0.25, -0.2) is 4.79 Å². The SMILES string of the molecule is O=c1nc(NCO[C@@H]2O[C@H](CO)[C@@H](O)[C@H](O)[C@H]2O)cc[nH]1. The summed E-state index contributed by atoms with van der Waals surface area (Å²) in [4.78, 5) is 16.9. The molecule has 1 aromatic rings. The van der Waals surface area contributed by atoms with Gasteiger partial charge >= 0.3 is 5.69 Å². The molecule has 6 N–H and O–H groups in total. The first kappa shape index (κ1) is 15.8. The molecule has 10 nitrogen and oxygen atoms in total. The molecule has 0 radical (unpaired) electrons. The first-order valence-corrected chi connectivity index (χ1v) is 6.24. The quantitative estimate of drug-likeness (QED) is 0.311. The standard InChI is InChI=1S/C11H17N3O7/c15-3-5-7(16)8(17)9(18)10(21-5)20-4-13-6-1-2-12-11(19)14-6/h1-2,5,7-10,15-18H,3-4H2,(H2,12,13,14,19)/t5-,7-,8+,9-,10-/m1/s1. The zero-order chi connectivity index (χ0) is 15.4. The van der Waals surface area contributed by atoms with Gasteiger partial charge in [-0.2, -0.15) is 4.98 Å². The summed E-state index contributed by atoms with van der Waals surface area (Å²) in [5, 5.41) is 40.6. The van der Waals surface area contributed by atoms with E-state index in [4.69, 9.17) is 14.6 Å². The molecule has 1 fully saturated rings. The fraction of sp³-hybridized carbons (Fsp3) is 0.636. The number of hydrogen-bond donors (Lipinski definition) is 6. The molecular formula is C11H17N3O7. The Labute approximate surface area is 119 Å². The molecule has 2 heterocycles. The van der Waals surface area contributed by atoms with E-state index in [1.807, 2.05) is 0 Å². The van der Waals surface area contributed by atoms with Gasteiger partial charge in [-0.1, -0.05) is 0 Å². The van der Waals surface area contributed by atoms with E-state index in [1.54, 1.807) is 0 Å². The predicted molar refractivity (Wildman–Crippen MR) is 68.2 cm³/mol. The highest BCUT2D eigenvalue weighted by molar-refractivity contribution is 5.30. The second-order valence-electron chi connectivity index (χ2n) is 4.46. The van der Waals surface area contributed by atoms with E-state index in [-0.39, 0.29) is 12.5 Å². The molecule has 0 aromatic carbocycles. The molecule has 21 heavy (non-hydrogen) atoms. The number of nitrogens with one attached hydrogen (secondary N) is 2. The number of hydrogen-bond acceptors (Lipinski definition) is 9. The van der Waals surface area contributed by atoms with Gasteiger partial charge in [0.25, 0.3) is 0 Å². The first-order chi connectivity index (χ1) is 10.0. The van der Waals surface area contributed by atoms with Crippen LogP contribution in [0.15, 0.2) is 17.1 Å². The van der Waals surface area contributed by atoms with Crippen LogP contribution >= 0.6 is 0 Å². The summed E-state index contributed by atoms with van der Waals surface area (Å²) in [6.07, 6.45) is -5.30. The van der Waals surface area contributed by atoms with Crippen LogP contribution in [0.4, 0.5) is 5.82 Å². The maximum atomic E-state index is 11.0. The number of rotatable bonds is 5. The molecule has 0 spiro atoms. The van der Waals surface area contributed by atoms with Crippen molar-refractivity contribution in [1.29, 1.82) is 0 Å². The molecule has 118 valence electrons. The highest BCUT2D eigenvalue weighted by atomic mass is 16.7. The van der Waals surface area contributed by atoms with Crippen molar-refractivity contribution in [3.8, 4) is 0 Å². The molecule has 1 aromatic heterocycles. The third-order valence-corrected chi connectivity index (χ3v) is 3.02. The second-order valence-corrected chi connectivity index (χ2v) is 4.46. The number of aromatic nitrogens is 2. The monoisotopic (exact) mass is 303 g/mol. The first-order valence-electron chi connectivity index (χ1n) is 6.24. The van der Waals surface area contributed by atoms with Crippen LogP contribution in [-0.2, 0) is 9.47 Å². The number of aliphatic hydroxyl groups is 4. The van der Waals surface area contributed by atoms with Crippen molar-refractivity contribution in [2.45, 2.75) is 30.7 Å². The Morgan fingerprint density at radius 2 is 2.10 bits per heavy atom. The number of anilines is 1. The fourth-order valence-corrected chi connectivity index (χ4v) is 1.87. The van der Waals surface area contributed by atoms with Crippen LogP contribution in [0.3, 0.4) is 0 Å². The second kappa shape index (κ2) is 6.93. The van der Waals surface area contributed by atoms with Crippen molar-refractivity contribution in [2.75, 3.05) is 18.7 Å². The van der Waals surface area contributed by atoms with Crippen molar-refractivity contribution in [1.82, 2.24) is 9.97 Å². The van der Waals surface area contributed by atoms with Gasteiger partial charge in [-0.3, -0.25) is 0 Å². The zero-order valence-electron chi connectivity index (χ0n) is 10.9. The van der Waals surface area contributed by atoms with Crippen LogP contribution in [0.5, 0.6) is 0 Å². The lowest BCUT2D eigenvalue weighted by Crippen LogP contribution is -2.59. The fourth-order valence-electron chi connectivity index (χ4n) is 1.87. The lowest BCUT2D eigenvalue weighted by molar-refractivity contribution is -0.299. The molecule has 0 aliphatic carbocycles. The zero-order valence-corrected chi connectivity index (χ0v) is 10.9. The molecule has 0 amide bonds. The van der Waals surface area contributed by atoms with Gasteiger partial charge in [-0.15, -0.1) is 0 Å². The van der Waals surface area contributed by atoms with Crippen molar-refractivity contribution < 1.29 is 29.9 Å². The Morgan fingerprint density at radius 3 is 2.76 bits per heavy atom. The van der Waals surface area contributed by atoms with Crippen LogP contribution in [0.1, 0.15) is 0 Å². The van der Waals surface area contributed by atoms with Gasteiger partial charge < -0.3 is 40.2 Å². The van der Waals surface area contributed by atoms with E-state index < -0.39 is 43.0 Å². The van der Waals surface area contributed by atoms with E-state index >= 15 is 0 Å². The van der Waals surface area contributed by atoms with Crippen LogP contribution in [-0.4, -0.2) is 74.4 Å². The minimum atomic E-state index is -1.50. The van der Waals surface area contributed by atoms with Crippen molar-refractivity contribution in [2.24, 2.45) is 0 Å². The summed E-state index contributed by atoms with van der Waals surface area (Å²) in [6.45, 7) is -0.701. The van der Waals surface area contributed by atoms with Gasteiger partial charge in [0.05, 0.1) is 6.61 Å². The minimum Gasteiger partial charge on any atom is -0.394 e. The molecule has 1 aliphatic rings. The normalized spacial score (nSPS) is 32.9. The molecular weight excluding hydrogens is 286 g/mol. The lowest BCUT2D eigenvalue weighted by atomic mass is 9.99. The van der Waals surface area contributed by atoms with E-state index in [0.29, 0.717) is 0 Å². The van der Waals surface area contributed by atoms with Crippen molar-refractivity contribution in [3.05, 3.63) is 22.7 Å². The van der Waals surface area contributed by atoms with Gasteiger partial charge in [-0.05, 0) is 6.07 Å². The van der Waals surface area contributed by atoms with Gasteiger partial charge in [0.2, 0.25) is 0 Å². The van der Waals surface area contributed by atoms with Crippen molar-refractivity contribution >= 4 is 5.82 Å². The third-order valence-electron chi connectivity index (χ3n) is 3.02. The van der Waals surface area contributed by atoms with Gasteiger partial charge in [0.15, 0.2) is 6.29 Å². The van der Waals surface area contributed by atoms with Crippen LogP contribution < -0.4 is 11.0 Å². The number of ether oxygens (including phenoxy) is 2. The van der Waals surface area contributed by atoms with E-state index in [9.17, 15) is 20.1 Å². The highest BCUT2D eigenvalue weighted by Crippen LogP contribution is 2.21. The Morgan fingerprint density at radius 1 is 1.33 bits per heavy atom. The highest BCUT2D eigenvalue weighted by Gasteiger charge is 2.43. The number of nitrogens with zero attached hydrogens (tertiary/aromatic N) is 1. The summed E-state index contributed by atoms with van der Waals surface area (Å²) in [7, 11) is 0. The molecule has 0 unspecified atom stereocenters. The Kier molecular flexibility index (Phi) is 5.22. The topological polar surface area (TPSA) is 157 Å². The number of aliphatic hydroxyl groups excluding tert-OH is 4. The van der Waals surface area contributed by atoms with Crippen LogP contribution in [0.25, 0.3) is 0 Å². The summed E-state index contributed by atoms with van der Waals surface area (Å²) in [5.74, 6) is 0.253. The molecule has 0 bridgehead atoms. The number of aromatic amines is 1. The lowest BCUT2D eigenvalue weighted by Gasteiger charge is -2.39. The Hall–Kier alpha value is -1.56. The summed E-state index contributed by atoms with van der Waals surface area (Å²) in [6, 6.07) is 1.50. The molecule has 1 saturated heterocycles. The van der Waals surface area contributed by atoms with Gasteiger partial charge in [0.1, 0.15) is 37.0 Å². The maximum Gasteiger partial charge on any atom is 0.346 e. The number of H-pyrrole nitrogens is 1. The largest absolute Gasteiger partial charge is 0.394 e. The van der Waals surface area contributed by atoms with Crippen LogP contribution in [0, 0.1) is 0 Å². The molecule has 1 aliphatic heterocycles. The van der Waals surface area contributed by atoms with Crippen molar-refractivity contribution in [3.63, 3.8) is 0 Å². The molecule has 5 atom stereocenters. The van der Waals surface area contributed by atoms with E-state index in [1.165, 1.54) is 12.3 Å².